The average Bonchev–Trinajstić information content (AvgIpc) is 2.67. The molecule has 0 spiro atoms. The predicted octanol–water partition coefficient (Wildman–Crippen LogP) is 5.08. The first-order valence-corrected chi connectivity index (χ1v) is 7.85. The topological polar surface area (TPSA) is 30.5 Å². The lowest BCUT2D eigenvalue weighted by Crippen LogP contribution is -1.91. The Morgan fingerprint density at radius 2 is 1.00 bits per heavy atom. The highest BCUT2D eigenvalue weighted by Gasteiger charge is 2.06. The number of nitrogens with one attached hydrogen (secondary N) is 1. The minimum atomic E-state index is 0.860. The van der Waals surface area contributed by atoms with Crippen molar-refractivity contribution in [1.82, 2.24) is 0 Å². The van der Waals surface area contributed by atoms with E-state index in [-0.39, 0.29) is 0 Å². The molecule has 3 aromatic carbocycles. The van der Waals surface area contributed by atoms with Crippen LogP contribution in [0.15, 0.2) is 66.7 Å². The van der Waals surface area contributed by atoms with Gasteiger partial charge in [0.2, 0.25) is 0 Å². The number of benzene rings is 3. The molecule has 0 saturated carbocycles. The fourth-order valence-corrected chi connectivity index (χ4v) is 2.67. The maximum absolute atomic E-state index is 5.24. The van der Waals surface area contributed by atoms with Crippen LogP contribution >= 0.6 is 0 Å². The second-order valence-corrected chi connectivity index (χ2v) is 5.51. The van der Waals surface area contributed by atoms with Crippen molar-refractivity contribution in [3.8, 4) is 33.8 Å². The minimum Gasteiger partial charge on any atom is -0.497 e. The lowest BCUT2D eigenvalue weighted by Gasteiger charge is -2.11. The van der Waals surface area contributed by atoms with Gasteiger partial charge in [0, 0.05) is 12.7 Å². The standard InChI is InChI=1S/C21H21NO2/c1-22-19-13-17(15-4-8-20(23-2)9-5-15)12-18(14-19)16-6-10-21(24-3)11-7-16/h4-14,22H,1-3H3. The van der Waals surface area contributed by atoms with Gasteiger partial charge in [-0.1, -0.05) is 24.3 Å². The number of methoxy groups -OCH3 is 2. The molecule has 0 aliphatic carbocycles. The van der Waals surface area contributed by atoms with E-state index < -0.39 is 0 Å². The van der Waals surface area contributed by atoms with Gasteiger partial charge in [-0.2, -0.15) is 0 Å². The second-order valence-electron chi connectivity index (χ2n) is 5.51. The van der Waals surface area contributed by atoms with Crippen molar-refractivity contribution in [1.29, 1.82) is 0 Å². The van der Waals surface area contributed by atoms with Crippen molar-refractivity contribution in [3.05, 3.63) is 66.7 Å². The van der Waals surface area contributed by atoms with E-state index in [1.165, 1.54) is 0 Å². The SMILES string of the molecule is CNc1cc(-c2ccc(OC)cc2)cc(-c2ccc(OC)cc2)c1. The first-order chi connectivity index (χ1) is 11.7. The smallest absolute Gasteiger partial charge is 0.118 e. The first kappa shape index (κ1) is 15.9. The summed E-state index contributed by atoms with van der Waals surface area (Å²) in [5.41, 5.74) is 5.71. The van der Waals surface area contributed by atoms with Crippen molar-refractivity contribution < 1.29 is 9.47 Å². The summed E-state index contributed by atoms with van der Waals surface area (Å²) in [4.78, 5) is 0. The van der Waals surface area contributed by atoms with Gasteiger partial charge in [-0.25, -0.2) is 0 Å². The van der Waals surface area contributed by atoms with Crippen molar-refractivity contribution in [2.45, 2.75) is 0 Å². The van der Waals surface area contributed by atoms with Crippen LogP contribution in [-0.4, -0.2) is 21.3 Å². The van der Waals surface area contributed by atoms with Gasteiger partial charge >= 0.3 is 0 Å². The summed E-state index contributed by atoms with van der Waals surface area (Å²) in [5.74, 6) is 1.72. The van der Waals surface area contributed by atoms with Crippen molar-refractivity contribution >= 4 is 5.69 Å². The zero-order valence-electron chi connectivity index (χ0n) is 14.2. The molecule has 0 amide bonds. The molecule has 1 N–H and O–H groups in total. The Morgan fingerprint density at radius 1 is 0.583 bits per heavy atom. The van der Waals surface area contributed by atoms with Gasteiger partial charge in [-0.15, -0.1) is 0 Å². The molecule has 3 heteroatoms. The number of hydrogen-bond donors (Lipinski definition) is 1. The van der Waals surface area contributed by atoms with Gasteiger partial charge in [0.25, 0.3) is 0 Å². The molecule has 3 aromatic rings. The highest BCUT2D eigenvalue weighted by atomic mass is 16.5. The zero-order valence-corrected chi connectivity index (χ0v) is 14.2. The molecule has 0 aliphatic rings. The maximum atomic E-state index is 5.24. The van der Waals surface area contributed by atoms with Gasteiger partial charge in [0.05, 0.1) is 14.2 Å². The predicted molar refractivity (Wildman–Crippen MR) is 100.0 cm³/mol. The van der Waals surface area contributed by atoms with Crippen LogP contribution in [0.25, 0.3) is 22.3 Å². The summed E-state index contributed by atoms with van der Waals surface area (Å²) in [6, 6.07) is 22.7. The van der Waals surface area contributed by atoms with Crippen LogP contribution in [0.4, 0.5) is 5.69 Å². The van der Waals surface area contributed by atoms with E-state index in [4.69, 9.17) is 9.47 Å². The molecule has 0 unspecified atom stereocenters. The van der Waals surface area contributed by atoms with E-state index in [0.29, 0.717) is 0 Å². The summed E-state index contributed by atoms with van der Waals surface area (Å²) < 4.78 is 10.5. The fourth-order valence-electron chi connectivity index (χ4n) is 2.67. The summed E-state index contributed by atoms with van der Waals surface area (Å²) in [6.45, 7) is 0. The van der Waals surface area contributed by atoms with Gasteiger partial charge in [-0.05, 0) is 64.7 Å². The molecule has 24 heavy (non-hydrogen) atoms. The normalized spacial score (nSPS) is 10.3. The molecule has 0 atom stereocenters. The Kier molecular flexibility index (Phi) is 4.71. The molecule has 3 rings (SSSR count). The van der Waals surface area contributed by atoms with Gasteiger partial charge in [-0.3, -0.25) is 0 Å². The van der Waals surface area contributed by atoms with Crippen molar-refractivity contribution in [2.75, 3.05) is 26.6 Å². The van der Waals surface area contributed by atoms with Crippen LogP contribution in [0.1, 0.15) is 0 Å². The molecular formula is C21H21NO2. The summed E-state index contributed by atoms with van der Waals surface area (Å²) in [5, 5.41) is 3.24. The molecule has 0 heterocycles. The lowest BCUT2D eigenvalue weighted by molar-refractivity contribution is 0.415. The largest absolute Gasteiger partial charge is 0.497 e. The van der Waals surface area contributed by atoms with Crippen molar-refractivity contribution in [3.63, 3.8) is 0 Å². The van der Waals surface area contributed by atoms with Crippen LogP contribution < -0.4 is 14.8 Å². The molecule has 0 aromatic heterocycles. The number of anilines is 1. The van der Waals surface area contributed by atoms with Crippen molar-refractivity contribution in [2.24, 2.45) is 0 Å². The molecule has 0 saturated heterocycles. The van der Waals surface area contributed by atoms with E-state index in [1.807, 2.05) is 31.3 Å². The third-order valence-corrected chi connectivity index (χ3v) is 4.07. The van der Waals surface area contributed by atoms with Crippen LogP contribution in [-0.2, 0) is 0 Å². The third kappa shape index (κ3) is 3.35. The van der Waals surface area contributed by atoms with E-state index in [1.54, 1.807) is 14.2 Å². The first-order valence-electron chi connectivity index (χ1n) is 7.85. The molecule has 0 aliphatic heterocycles. The van der Waals surface area contributed by atoms with Gasteiger partial charge in [0.15, 0.2) is 0 Å². The van der Waals surface area contributed by atoms with Crippen LogP contribution in [0, 0.1) is 0 Å². The summed E-state index contributed by atoms with van der Waals surface area (Å²) in [7, 11) is 5.29. The van der Waals surface area contributed by atoms with Crippen LogP contribution in [0.3, 0.4) is 0 Å². The zero-order chi connectivity index (χ0) is 16.9. The molecule has 0 fully saturated rings. The molecule has 3 nitrogen and oxygen atoms in total. The lowest BCUT2D eigenvalue weighted by atomic mass is 9.98. The Labute approximate surface area is 142 Å². The third-order valence-electron chi connectivity index (χ3n) is 4.07. The fraction of sp³-hybridized carbons (Fsp3) is 0.143. The molecule has 122 valence electrons. The quantitative estimate of drug-likeness (QED) is 0.711. The number of hydrogen-bond acceptors (Lipinski definition) is 3. The number of rotatable bonds is 5. The van der Waals surface area contributed by atoms with Gasteiger partial charge < -0.3 is 14.8 Å². The maximum Gasteiger partial charge on any atom is 0.118 e. The molecular weight excluding hydrogens is 298 g/mol. The van der Waals surface area contributed by atoms with E-state index in [9.17, 15) is 0 Å². The Hall–Kier alpha value is -2.94. The highest BCUT2D eigenvalue weighted by Crippen LogP contribution is 2.31. The monoisotopic (exact) mass is 319 g/mol. The van der Waals surface area contributed by atoms with E-state index in [0.717, 1.165) is 39.4 Å². The van der Waals surface area contributed by atoms with E-state index >= 15 is 0 Å². The molecule has 0 bridgehead atoms. The van der Waals surface area contributed by atoms with Gasteiger partial charge in [0.1, 0.15) is 11.5 Å². The van der Waals surface area contributed by atoms with E-state index in [2.05, 4.69) is 47.8 Å². The Balaban J connectivity index is 2.03. The Bertz CT molecular complexity index is 742. The minimum absolute atomic E-state index is 0.860. The molecule has 0 radical (unpaired) electrons. The Morgan fingerprint density at radius 3 is 1.33 bits per heavy atom. The average molecular weight is 319 g/mol. The highest BCUT2D eigenvalue weighted by molar-refractivity contribution is 5.78. The second kappa shape index (κ2) is 7.09. The van der Waals surface area contributed by atoms with Crippen LogP contribution in [0.2, 0.25) is 0 Å². The number of ether oxygens (including phenoxy) is 2. The van der Waals surface area contributed by atoms with Crippen LogP contribution in [0.5, 0.6) is 11.5 Å². The summed E-state index contributed by atoms with van der Waals surface area (Å²) >= 11 is 0. The summed E-state index contributed by atoms with van der Waals surface area (Å²) in [6.07, 6.45) is 0.